The Bertz CT molecular complexity index is 1110. The van der Waals surface area contributed by atoms with Crippen molar-refractivity contribution in [1.29, 1.82) is 0 Å². The number of hydrogen-bond donors (Lipinski definition) is 6. The van der Waals surface area contributed by atoms with Crippen LogP contribution in [0.5, 0.6) is 5.75 Å². The van der Waals surface area contributed by atoms with Gasteiger partial charge < -0.3 is 30.1 Å². The number of hydrogen-bond acceptors (Lipinski definition) is 10. The van der Waals surface area contributed by atoms with Crippen molar-refractivity contribution < 1.29 is 25.2 Å². The van der Waals surface area contributed by atoms with Crippen LogP contribution in [0.15, 0.2) is 40.5 Å². The van der Waals surface area contributed by atoms with Crippen molar-refractivity contribution in [2.45, 2.75) is 24.5 Å². The number of aromatic nitrogens is 4. The van der Waals surface area contributed by atoms with Gasteiger partial charge in [0.15, 0.2) is 17.4 Å². The molecule has 4 atom stereocenters. The van der Waals surface area contributed by atoms with E-state index in [1.165, 1.54) is 23.2 Å². The molecule has 0 saturated carbocycles. The monoisotopic (exact) mass is 402 g/mol. The van der Waals surface area contributed by atoms with Gasteiger partial charge in [0, 0.05) is 5.56 Å². The van der Waals surface area contributed by atoms with E-state index in [9.17, 15) is 25.2 Å². The van der Waals surface area contributed by atoms with Gasteiger partial charge >= 0.3 is 0 Å². The van der Waals surface area contributed by atoms with Gasteiger partial charge in [0.05, 0.1) is 19.1 Å². The van der Waals surface area contributed by atoms with Gasteiger partial charge in [-0.15, -0.1) is 0 Å². The number of phenols is 1. The average molecular weight is 402 g/mol. The number of rotatable bonds is 5. The summed E-state index contributed by atoms with van der Waals surface area (Å²) in [4.78, 5) is 22.7. The van der Waals surface area contributed by atoms with Crippen molar-refractivity contribution in [3.05, 3.63) is 46.5 Å². The Morgan fingerprint density at radius 1 is 1.31 bits per heavy atom. The summed E-state index contributed by atoms with van der Waals surface area (Å²) < 4.78 is 6.81. The number of ether oxygens (including phenoxy) is 1. The maximum Gasteiger partial charge on any atom is 0.278 e. The fraction of sp³-hybridized carbons (Fsp3) is 0.294. The third-order valence-corrected chi connectivity index (χ3v) is 4.56. The van der Waals surface area contributed by atoms with Crippen LogP contribution >= 0.6 is 0 Å². The number of aliphatic hydroxyl groups excluding tert-OH is 3. The van der Waals surface area contributed by atoms with Gasteiger partial charge in [-0.3, -0.25) is 9.36 Å². The Hall–Kier alpha value is -3.32. The summed E-state index contributed by atoms with van der Waals surface area (Å²) in [6.45, 7) is -0.510. The molecule has 3 aromatic rings. The van der Waals surface area contributed by atoms with E-state index < -0.39 is 36.7 Å². The summed E-state index contributed by atoms with van der Waals surface area (Å²) in [5, 5.41) is 43.6. The van der Waals surface area contributed by atoms with Crippen LogP contribution in [0.3, 0.4) is 0 Å². The lowest BCUT2D eigenvalue weighted by atomic mass is 10.1. The number of nitrogens with zero attached hydrogens (tertiary/aromatic N) is 4. The quantitative estimate of drug-likeness (QED) is 0.228. The number of nitrogens with one attached hydrogen (secondary N) is 2. The Labute approximate surface area is 162 Å². The van der Waals surface area contributed by atoms with Crippen LogP contribution in [0.1, 0.15) is 11.8 Å². The van der Waals surface area contributed by atoms with Crippen molar-refractivity contribution in [2.75, 3.05) is 12.0 Å². The number of aromatic hydroxyl groups is 1. The second-order valence-electron chi connectivity index (χ2n) is 6.37. The maximum atomic E-state index is 12.1. The number of H-pyrrole nitrogens is 1. The lowest BCUT2D eigenvalue weighted by molar-refractivity contribution is -0.0501. The third-order valence-electron chi connectivity index (χ3n) is 4.56. The van der Waals surface area contributed by atoms with Gasteiger partial charge in [0.2, 0.25) is 5.95 Å². The molecule has 0 amide bonds. The molecule has 0 aliphatic carbocycles. The minimum Gasteiger partial charge on any atom is -0.507 e. The number of fused-ring (bicyclic) bond motifs is 1. The largest absolute Gasteiger partial charge is 0.507 e. The van der Waals surface area contributed by atoms with Crippen LogP contribution in [0.2, 0.25) is 0 Å². The van der Waals surface area contributed by atoms with Gasteiger partial charge in [-0.1, -0.05) is 12.1 Å². The fourth-order valence-electron chi connectivity index (χ4n) is 3.09. The average Bonchev–Trinajstić information content (AvgIpc) is 3.22. The molecule has 0 spiro atoms. The Balaban J connectivity index is 1.74. The van der Waals surface area contributed by atoms with Gasteiger partial charge in [-0.05, 0) is 12.1 Å². The fourth-order valence-corrected chi connectivity index (χ4v) is 3.09. The summed E-state index contributed by atoms with van der Waals surface area (Å²) in [7, 11) is 0. The highest BCUT2D eigenvalue weighted by Gasteiger charge is 2.45. The van der Waals surface area contributed by atoms with Gasteiger partial charge in [0.1, 0.15) is 24.1 Å². The summed E-state index contributed by atoms with van der Waals surface area (Å²) in [6, 6.07) is 6.53. The van der Waals surface area contributed by atoms with Crippen LogP contribution < -0.4 is 11.0 Å². The molecule has 152 valence electrons. The number of aliphatic hydroxyl groups is 3. The molecule has 1 fully saturated rings. The Morgan fingerprint density at radius 2 is 2.10 bits per heavy atom. The molecule has 1 saturated heterocycles. The lowest BCUT2D eigenvalue weighted by Crippen LogP contribution is -2.33. The first-order chi connectivity index (χ1) is 14.0. The number of para-hydroxylation sites is 1. The number of phenolic OH excluding ortho intramolecular Hbond substituents is 1. The van der Waals surface area contributed by atoms with Crippen LogP contribution in [-0.2, 0) is 4.74 Å². The van der Waals surface area contributed by atoms with Crippen LogP contribution in [0.25, 0.3) is 11.2 Å². The molecule has 2 aromatic heterocycles. The normalized spacial score (nSPS) is 24.5. The predicted octanol–water partition coefficient (Wildman–Crippen LogP) is -1.12. The molecule has 12 heteroatoms. The number of hydrazone groups is 1. The number of imidazole rings is 1. The van der Waals surface area contributed by atoms with E-state index in [1.807, 2.05) is 0 Å². The van der Waals surface area contributed by atoms with E-state index in [0.29, 0.717) is 5.56 Å². The SMILES string of the molecule is O=c1[nH]cnc2c1nc(N/N=C\c1ccccc1O)n2[C@@H]1O[C@H](CO)[C@@H](O)[C@H]1O. The molecule has 4 rings (SSSR count). The molecule has 1 aliphatic heterocycles. The second-order valence-corrected chi connectivity index (χ2v) is 6.37. The first-order valence-electron chi connectivity index (χ1n) is 8.66. The summed E-state index contributed by atoms with van der Waals surface area (Å²) in [5.74, 6) is 0.0267. The lowest BCUT2D eigenvalue weighted by Gasteiger charge is -2.18. The minimum absolute atomic E-state index is 0.00529. The van der Waals surface area contributed by atoms with Gasteiger partial charge in [0.25, 0.3) is 5.56 Å². The van der Waals surface area contributed by atoms with Crippen molar-refractivity contribution in [3.63, 3.8) is 0 Å². The highest BCUT2D eigenvalue weighted by atomic mass is 16.6. The topological polar surface area (TPSA) is 178 Å². The molecule has 1 aromatic carbocycles. The van der Waals surface area contributed by atoms with Crippen molar-refractivity contribution in [2.24, 2.45) is 5.10 Å². The standard InChI is InChI=1S/C17H18N6O6/c24-6-10-12(26)13(27)16(29-10)23-14-11(15(28)19-7-18-14)21-17(23)22-20-5-8-3-1-2-4-9(8)25/h1-5,7,10,12-13,16,24-27H,6H2,(H,21,22)(H,18,19,28)/b20-5-/t10-,12-,13-,16-/m1/s1. The molecular weight excluding hydrogens is 384 g/mol. The smallest absolute Gasteiger partial charge is 0.278 e. The first kappa shape index (κ1) is 19.0. The van der Waals surface area contributed by atoms with E-state index in [0.717, 1.165) is 0 Å². The van der Waals surface area contributed by atoms with Crippen LogP contribution in [0.4, 0.5) is 5.95 Å². The second kappa shape index (κ2) is 7.60. The highest BCUT2D eigenvalue weighted by molar-refractivity contribution is 5.83. The number of aromatic amines is 1. The summed E-state index contributed by atoms with van der Waals surface area (Å²) >= 11 is 0. The number of anilines is 1. The molecule has 6 N–H and O–H groups in total. The Morgan fingerprint density at radius 3 is 2.83 bits per heavy atom. The molecule has 0 unspecified atom stereocenters. The van der Waals surface area contributed by atoms with E-state index >= 15 is 0 Å². The Kier molecular flexibility index (Phi) is 4.98. The summed E-state index contributed by atoms with van der Waals surface area (Å²) in [5.41, 5.74) is 2.60. The molecule has 1 aliphatic rings. The van der Waals surface area contributed by atoms with Crippen molar-refractivity contribution in [3.8, 4) is 5.75 Å². The zero-order valence-corrected chi connectivity index (χ0v) is 14.9. The van der Waals surface area contributed by atoms with Gasteiger partial charge in [-0.25, -0.2) is 15.4 Å². The van der Waals surface area contributed by atoms with Crippen molar-refractivity contribution >= 4 is 23.3 Å². The van der Waals surface area contributed by atoms with Gasteiger partial charge in [-0.2, -0.15) is 5.10 Å². The molecule has 29 heavy (non-hydrogen) atoms. The molecular formula is C17H18N6O6. The predicted molar refractivity (Wildman–Crippen MR) is 100 cm³/mol. The van der Waals surface area contributed by atoms with Crippen LogP contribution in [0, 0.1) is 0 Å². The molecule has 0 radical (unpaired) electrons. The number of benzene rings is 1. The van der Waals surface area contributed by atoms with Crippen LogP contribution in [-0.4, -0.2) is 71.1 Å². The first-order valence-corrected chi connectivity index (χ1v) is 8.66. The maximum absolute atomic E-state index is 12.1. The van der Waals surface area contributed by atoms with E-state index in [2.05, 4.69) is 25.5 Å². The molecule has 3 heterocycles. The van der Waals surface area contributed by atoms with E-state index in [1.54, 1.807) is 18.2 Å². The van der Waals surface area contributed by atoms with Crippen molar-refractivity contribution in [1.82, 2.24) is 19.5 Å². The third kappa shape index (κ3) is 3.34. The van der Waals surface area contributed by atoms with E-state index in [4.69, 9.17) is 4.74 Å². The zero-order chi connectivity index (χ0) is 20.5. The molecule has 0 bridgehead atoms. The molecule has 12 nitrogen and oxygen atoms in total. The zero-order valence-electron chi connectivity index (χ0n) is 14.9. The minimum atomic E-state index is -1.41. The highest BCUT2D eigenvalue weighted by Crippen LogP contribution is 2.33. The van der Waals surface area contributed by atoms with E-state index in [-0.39, 0.29) is 22.9 Å². The summed E-state index contributed by atoms with van der Waals surface area (Å²) in [6.07, 6.45) is -2.44.